The Labute approximate surface area is 203 Å². The predicted molar refractivity (Wildman–Crippen MR) is 129 cm³/mol. The second-order valence-electron chi connectivity index (χ2n) is 7.72. The highest BCUT2D eigenvalue weighted by molar-refractivity contribution is 5.81. The highest BCUT2D eigenvalue weighted by atomic mass is 16.5. The number of aromatic nitrogens is 3. The van der Waals surface area contributed by atoms with E-state index in [-0.39, 0.29) is 6.61 Å². The number of carbonyl (C=O) groups excluding carboxylic acids is 1. The molecule has 0 bridgehead atoms. The van der Waals surface area contributed by atoms with Gasteiger partial charge in [0.05, 0.1) is 39.2 Å². The van der Waals surface area contributed by atoms with Crippen LogP contribution in [0.4, 0.5) is 17.8 Å². The third kappa shape index (κ3) is 6.90. The second-order valence-corrected chi connectivity index (χ2v) is 7.72. The van der Waals surface area contributed by atoms with Gasteiger partial charge in [-0.25, -0.2) is 5.43 Å². The Balaban J connectivity index is 1.51. The summed E-state index contributed by atoms with van der Waals surface area (Å²) < 4.78 is 21.9. The number of hydrogen-bond donors (Lipinski definition) is 2. The Morgan fingerprint density at radius 3 is 2.23 bits per heavy atom. The van der Waals surface area contributed by atoms with Crippen LogP contribution in [-0.4, -0.2) is 92.9 Å². The Hall–Kier alpha value is -3.71. The van der Waals surface area contributed by atoms with E-state index in [1.165, 1.54) is 0 Å². The topological polar surface area (TPSA) is 150 Å². The van der Waals surface area contributed by atoms with Crippen LogP contribution in [0, 0.1) is 0 Å². The van der Waals surface area contributed by atoms with Crippen molar-refractivity contribution in [3.63, 3.8) is 0 Å². The van der Waals surface area contributed by atoms with Gasteiger partial charge in [-0.3, -0.25) is 4.79 Å². The van der Waals surface area contributed by atoms with Gasteiger partial charge < -0.3 is 34.5 Å². The zero-order chi connectivity index (χ0) is 24.5. The van der Waals surface area contributed by atoms with Crippen LogP contribution in [0.2, 0.25) is 0 Å². The maximum Gasteiger partial charge on any atom is 0.255 e. The summed E-state index contributed by atoms with van der Waals surface area (Å²) in [5.74, 6) is 1.85. The van der Waals surface area contributed by atoms with Gasteiger partial charge in [0.15, 0.2) is 18.1 Å². The molecule has 0 saturated carbocycles. The number of morpholine rings is 2. The fourth-order valence-electron chi connectivity index (χ4n) is 3.52. The molecule has 13 nitrogen and oxygen atoms in total. The van der Waals surface area contributed by atoms with E-state index in [0.29, 0.717) is 88.6 Å². The van der Waals surface area contributed by atoms with Gasteiger partial charge in [-0.1, -0.05) is 0 Å². The van der Waals surface area contributed by atoms with Crippen molar-refractivity contribution in [2.24, 2.45) is 10.8 Å². The molecule has 3 N–H and O–H groups in total. The van der Waals surface area contributed by atoms with E-state index in [0.717, 1.165) is 5.56 Å². The molecule has 2 aliphatic rings. The summed E-state index contributed by atoms with van der Waals surface area (Å²) in [5.41, 5.74) is 8.83. The van der Waals surface area contributed by atoms with Gasteiger partial charge in [-0.15, -0.1) is 0 Å². The van der Waals surface area contributed by atoms with Gasteiger partial charge in [0.1, 0.15) is 0 Å². The molecule has 2 aliphatic heterocycles. The highest BCUT2D eigenvalue weighted by Gasteiger charge is 2.20. The van der Waals surface area contributed by atoms with Crippen LogP contribution < -0.4 is 30.4 Å². The second kappa shape index (κ2) is 12.1. The van der Waals surface area contributed by atoms with Crippen LogP contribution in [-0.2, 0) is 14.3 Å². The molecule has 35 heavy (non-hydrogen) atoms. The van der Waals surface area contributed by atoms with Crippen LogP contribution in [0.3, 0.4) is 0 Å². The van der Waals surface area contributed by atoms with E-state index in [1.807, 2.05) is 6.92 Å². The number of hydrazone groups is 1. The number of benzene rings is 1. The Morgan fingerprint density at radius 2 is 1.66 bits per heavy atom. The number of nitrogens with zero attached hydrogens (tertiary/aromatic N) is 6. The summed E-state index contributed by atoms with van der Waals surface area (Å²) in [4.78, 5) is 29.0. The van der Waals surface area contributed by atoms with E-state index < -0.39 is 5.91 Å². The first-order valence-corrected chi connectivity index (χ1v) is 11.5. The molecule has 2 saturated heterocycles. The zero-order valence-electron chi connectivity index (χ0n) is 19.7. The minimum atomic E-state index is -0.562. The van der Waals surface area contributed by atoms with Crippen LogP contribution in [0.5, 0.6) is 11.5 Å². The quantitative estimate of drug-likeness (QED) is 0.351. The van der Waals surface area contributed by atoms with Crippen LogP contribution in [0.25, 0.3) is 0 Å². The number of anilines is 3. The molecule has 1 aromatic heterocycles. The lowest BCUT2D eigenvalue weighted by Gasteiger charge is -2.30. The maximum atomic E-state index is 11.0. The number of nitrogens with two attached hydrogens (primary N) is 1. The minimum absolute atomic E-state index is 0.231. The summed E-state index contributed by atoms with van der Waals surface area (Å²) in [6, 6.07) is 5.25. The molecule has 2 fully saturated rings. The summed E-state index contributed by atoms with van der Waals surface area (Å²) in [5, 5.41) is 4.30. The number of hydrogen-bond acceptors (Lipinski definition) is 12. The van der Waals surface area contributed by atoms with Crippen molar-refractivity contribution < 1.29 is 23.7 Å². The van der Waals surface area contributed by atoms with Crippen molar-refractivity contribution in [2.45, 2.75) is 6.92 Å². The smallest absolute Gasteiger partial charge is 0.255 e. The van der Waals surface area contributed by atoms with Crippen LogP contribution in [0.15, 0.2) is 23.3 Å². The van der Waals surface area contributed by atoms with Gasteiger partial charge >= 0.3 is 0 Å². The lowest BCUT2D eigenvalue weighted by atomic mass is 10.2. The molecule has 13 heteroatoms. The molecule has 0 unspecified atom stereocenters. The fraction of sp³-hybridized carbons (Fsp3) is 0.500. The minimum Gasteiger partial charge on any atom is -0.490 e. The largest absolute Gasteiger partial charge is 0.490 e. The summed E-state index contributed by atoms with van der Waals surface area (Å²) in [7, 11) is 0. The molecular weight excluding hydrogens is 456 g/mol. The predicted octanol–water partition coefficient (Wildman–Crippen LogP) is 0.254. The third-order valence-electron chi connectivity index (χ3n) is 5.22. The van der Waals surface area contributed by atoms with Crippen molar-refractivity contribution in [1.29, 1.82) is 0 Å². The van der Waals surface area contributed by atoms with Gasteiger partial charge in [-0.2, -0.15) is 20.1 Å². The monoisotopic (exact) mass is 486 g/mol. The molecule has 1 amide bonds. The first-order chi connectivity index (χ1) is 17.1. The van der Waals surface area contributed by atoms with Crippen molar-refractivity contribution in [1.82, 2.24) is 15.0 Å². The lowest BCUT2D eigenvalue weighted by Crippen LogP contribution is -2.40. The average Bonchev–Trinajstić information content (AvgIpc) is 2.89. The van der Waals surface area contributed by atoms with E-state index in [1.54, 1.807) is 24.4 Å². The maximum absolute atomic E-state index is 11.0. The highest BCUT2D eigenvalue weighted by Crippen LogP contribution is 2.28. The lowest BCUT2D eigenvalue weighted by molar-refractivity contribution is -0.119. The van der Waals surface area contributed by atoms with E-state index in [4.69, 9.17) is 24.7 Å². The average molecular weight is 487 g/mol. The van der Waals surface area contributed by atoms with Crippen LogP contribution in [0.1, 0.15) is 12.5 Å². The molecule has 0 spiro atoms. The van der Waals surface area contributed by atoms with E-state index in [2.05, 4.69) is 35.3 Å². The Morgan fingerprint density at radius 1 is 1.03 bits per heavy atom. The molecule has 188 valence electrons. The molecule has 0 radical (unpaired) electrons. The number of primary amides is 1. The number of amides is 1. The van der Waals surface area contributed by atoms with Crippen molar-refractivity contribution in [2.75, 3.05) is 81.0 Å². The van der Waals surface area contributed by atoms with Gasteiger partial charge in [-0.05, 0) is 30.7 Å². The SMILES string of the molecule is CCOc1cc(/C=N/Nc2nc(N3CCOCC3)nc(N3CCOCC3)n2)ccc1OCC(N)=O. The number of ether oxygens (including phenoxy) is 4. The Bertz CT molecular complexity index is 989. The van der Waals surface area contributed by atoms with Crippen molar-refractivity contribution >= 4 is 30.0 Å². The summed E-state index contributed by atoms with van der Waals surface area (Å²) in [6.45, 7) is 7.40. The molecule has 0 aliphatic carbocycles. The Kier molecular flexibility index (Phi) is 8.46. The number of carbonyl (C=O) groups is 1. The molecular formula is C22H30N8O5. The van der Waals surface area contributed by atoms with E-state index in [9.17, 15) is 4.79 Å². The normalized spacial score (nSPS) is 16.4. The van der Waals surface area contributed by atoms with E-state index >= 15 is 0 Å². The van der Waals surface area contributed by atoms with Gasteiger partial charge in [0.2, 0.25) is 17.8 Å². The molecule has 3 heterocycles. The molecule has 2 aromatic rings. The van der Waals surface area contributed by atoms with Gasteiger partial charge in [0.25, 0.3) is 5.91 Å². The summed E-state index contributed by atoms with van der Waals surface area (Å²) in [6.07, 6.45) is 1.62. The molecule has 4 rings (SSSR count). The number of rotatable bonds is 10. The van der Waals surface area contributed by atoms with Crippen molar-refractivity contribution in [3.8, 4) is 11.5 Å². The van der Waals surface area contributed by atoms with Crippen molar-refractivity contribution in [3.05, 3.63) is 23.8 Å². The van der Waals surface area contributed by atoms with Crippen LogP contribution >= 0.6 is 0 Å². The molecule has 1 aromatic carbocycles. The summed E-state index contributed by atoms with van der Waals surface area (Å²) >= 11 is 0. The van der Waals surface area contributed by atoms with Gasteiger partial charge in [0, 0.05) is 26.2 Å². The molecule has 0 atom stereocenters. The zero-order valence-corrected chi connectivity index (χ0v) is 19.7. The standard InChI is InChI=1S/C22H30N8O5/c1-2-34-18-13-16(3-4-17(18)35-15-19(23)31)14-24-28-20-25-21(29-5-9-32-10-6-29)27-22(26-20)30-7-11-33-12-8-30/h3-4,13-14H,2,5-12,15H2,1H3,(H2,23,31)(H,25,26,27,28)/b24-14+. The first kappa shape index (κ1) is 24.4. The fourth-order valence-corrected chi connectivity index (χ4v) is 3.52. The third-order valence-corrected chi connectivity index (χ3v) is 5.22. The first-order valence-electron chi connectivity index (χ1n) is 11.5. The number of nitrogens with one attached hydrogen (secondary N) is 1.